The van der Waals surface area contributed by atoms with E-state index in [4.69, 9.17) is 4.74 Å². The van der Waals surface area contributed by atoms with Crippen molar-refractivity contribution >= 4 is 16.8 Å². The number of piperidine rings is 1. The molecule has 2 aromatic rings. The number of likely N-dealkylation sites (tertiary alicyclic amines) is 1. The molecular weight excluding hydrogens is 454 g/mol. The smallest absolute Gasteiger partial charge is 0.261 e. The average Bonchev–Trinajstić information content (AvgIpc) is 3.37. The molecular formula is C29H41N3O4. The van der Waals surface area contributed by atoms with Crippen LogP contribution in [0.2, 0.25) is 0 Å². The minimum atomic E-state index is -1.04. The Hall–Kier alpha value is -2.41. The second kappa shape index (κ2) is 10.2. The van der Waals surface area contributed by atoms with Crippen LogP contribution in [0, 0.1) is 17.3 Å². The number of aromatic nitrogens is 2. The topological polar surface area (TPSA) is 84.7 Å². The maximum absolute atomic E-state index is 13.5. The molecule has 1 aliphatic heterocycles. The molecule has 3 aliphatic rings. The van der Waals surface area contributed by atoms with Crippen molar-refractivity contribution in [2.75, 3.05) is 20.2 Å². The second-order valence-corrected chi connectivity index (χ2v) is 11.7. The van der Waals surface area contributed by atoms with Gasteiger partial charge in [-0.2, -0.15) is 0 Å². The van der Waals surface area contributed by atoms with Gasteiger partial charge in [0.15, 0.2) is 0 Å². The number of carbonyl (C=O) groups excluding carboxylic acids is 1. The molecule has 2 unspecified atom stereocenters. The van der Waals surface area contributed by atoms with E-state index in [0.717, 1.165) is 32.1 Å². The highest BCUT2D eigenvalue weighted by molar-refractivity contribution is 5.79. The lowest BCUT2D eigenvalue weighted by Gasteiger charge is -2.52. The fourth-order valence-corrected chi connectivity index (χ4v) is 7.28. The van der Waals surface area contributed by atoms with Crippen LogP contribution in [0.25, 0.3) is 10.9 Å². The predicted molar refractivity (Wildman–Crippen MR) is 140 cm³/mol. The van der Waals surface area contributed by atoms with Crippen LogP contribution in [0.5, 0.6) is 5.75 Å². The standard InChI is InChI=1S/C29H41N3O4/c1-21(16-22-8-4-3-5-9-22)26(33)31-15-14-29(35,28(18-31)12-6-7-13-28)19-32-20-30-25-17-23(36-2)10-11-24(25)27(32)34/h10-11,17,20-22,35H,3-9,12-16,18-19H2,1-2H3. The maximum atomic E-state index is 13.5. The van der Waals surface area contributed by atoms with Crippen LogP contribution < -0.4 is 10.3 Å². The SMILES string of the molecule is COc1ccc2c(=O)n(CC3(O)CCN(C(=O)C(C)CC4CCCCC4)CC34CCCC4)cnc2c1. The number of carbonyl (C=O) groups is 1. The van der Waals surface area contributed by atoms with Gasteiger partial charge >= 0.3 is 0 Å². The highest BCUT2D eigenvalue weighted by Crippen LogP contribution is 2.51. The molecule has 2 saturated carbocycles. The van der Waals surface area contributed by atoms with Crippen LogP contribution in [0.4, 0.5) is 0 Å². The largest absolute Gasteiger partial charge is 0.497 e. The predicted octanol–water partition coefficient (Wildman–Crippen LogP) is 4.54. The molecule has 7 heteroatoms. The van der Waals surface area contributed by atoms with Crippen molar-refractivity contribution < 1.29 is 14.6 Å². The van der Waals surface area contributed by atoms with Crippen LogP contribution in [0.3, 0.4) is 0 Å². The first-order valence-electron chi connectivity index (χ1n) is 13.9. The van der Waals surface area contributed by atoms with Crippen molar-refractivity contribution in [3.05, 3.63) is 34.9 Å². The Kier molecular flexibility index (Phi) is 7.12. The second-order valence-electron chi connectivity index (χ2n) is 11.7. The van der Waals surface area contributed by atoms with Crippen LogP contribution in [0.1, 0.15) is 77.6 Å². The first-order chi connectivity index (χ1) is 17.3. The lowest BCUT2D eigenvalue weighted by molar-refractivity contribution is -0.163. The lowest BCUT2D eigenvalue weighted by Crippen LogP contribution is -2.62. The summed E-state index contributed by atoms with van der Waals surface area (Å²) < 4.78 is 6.83. The third kappa shape index (κ3) is 4.67. The van der Waals surface area contributed by atoms with Gasteiger partial charge < -0.3 is 14.7 Å². The maximum Gasteiger partial charge on any atom is 0.261 e. The summed E-state index contributed by atoms with van der Waals surface area (Å²) >= 11 is 0. The molecule has 3 fully saturated rings. The van der Waals surface area contributed by atoms with Gasteiger partial charge in [-0.05, 0) is 43.7 Å². The molecule has 2 aliphatic carbocycles. The molecule has 2 atom stereocenters. The van der Waals surface area contributed by atoms with E-state index in [1.807, 2.05) is 4.90 Å². The number of fused-ring (bicyclic) bond motifs is 1. The van der Waals surface area contributed by atoms with Crippen molar-refractivity contribution in [2.24, 2.45) is 17.3 Å². The van der Waals surface area contributed by atoms with E-state index in [0.29, 0.717) is 42.1 Å². The van der Waals surface area contributed by atoms with E-state index in [2.05, 4.69) is 11.9 Å². The monoisotopic (exact) mass is 495 g/mol. The van der Waals surface area contributed by atoms with Gasteiger partial charge in [-0.1, -0.05) is 51.9 Å². The van der Waals surface area contributed by atoms with Crippen molar-refractivity contribution in [1.82, 2.24) is 14.5 Å². The lowest BCUT2D eigenvalue weighted by atomic mass is 9.65. The van der Waals surface area contributed by atoms with Crippen LogP contribution in [-0.4, -0.2) is 51.3 Å². The third-order valence-corrected chi connectivity index (χ3v) is 9.45. The van der Waals surface area contributed by atoms with Gasteiger partial charge in [0.2, 0.25) is 5.91 Å². The van der Waals surface area contributed by atoms with Crippen LogP contribution in [0.15, 0.2) is 29.3 Å². The van der Waals surface area contributed by atoms with Gasteiger partial charge in [-0.25, -0.2) is 4.98 Å². The van der Waals surface area contributed by atoms with Gasteiger partial charge in [0.05, 0.1) is 36.5 Å². The molecule has 1 aromatic carbocycles. The highest BCUT2D eigenvalue weighted by atomic mass is 16.5. The zero-order chi connectivity index (χ0) is 25.3. The van der Waals surface area contributed by atoms with Crippen molar-refractivity contribution in [3.63, 3.8) is 0 Å². The number of aliphatic hydroxyl groups is 1. The molecule has 5 rings (SSSR count). The first kappa shape index (κ1) is 25.2. The molecule has 1 N–H and O–H groups in total. The van der Waals surface area contributed by atoms with Crippen molar-refractivity contribution in [2.45, 2.75) is 89.7 Å². The first-order valence-corrected chi connectivity index (χ1v) is 13.9. The normalized spacial score (nSPS) is 25.4. The summed E-state index contributed by atoms with van der Waals surface area (Å²) in [6.45, 7) is 3.43. The van der Waals surface area contributed by atoms with Crippen molar-refractivity contribution in [1.29, 1.82) is 0 Å². The average molecular weight is 496 g/mol. The molecule has 7 nitrogen and oxygen atoms in total. The summed E-state index contributed by atoms with van der Waals surface area (Å²) in [5.41, 5.74) is -0.979. The number of amides is 1. The summed E-state index contributed by atoms with van der Waals surface area (Å²) in [5.74, 6) is 1.60. The minimum Gasteiger partial charge on any atom is -0.497 e. The number of benzene rings is 1. The molecule has 1 saturated heterocycles. The molecule has 196 valence electrons. The number of hydrogen-bond acceptors (Lipinski definition) is 5. The fourth-order valence-electron chi connectivity index (χ4n) is 7.28. The Balaban J connectivity index is 1.34. The number of ether oxygens (including phenoxy) is 1. The van der Waals surface area contributed by atoms with Gasteiger partial charge in [0.25, 0.3) is 5.56 Å². The summed E-state index contributed by atoms with van der Waals surface area (Å²) in [4.78, 5) is 33.3. The number of rotatable bonds is 6. The van der Waals surface area contributed by atoms with Crippen LogP contribution >= 0.6 is 0 Å². The summed E-state index contributed by atoms with van der Waals surface area (Å²) in [6, 6.07) is 5.26. The van der Waals surface area contributed by atoms with E-state index in [1.165, 1.54) is 32.1 Å². The zero-order valence-corrected chi connectivity index (χ0v) is 21.9. The van der Waals surface area contributed by atoms with E-state index >= 15 is 0 Å². The van der Waals surface area contributed by atoms with Gasteiger partial charge in [0, 0.05) is 30.5 Å². The Labute approximate surface area is 213 Å². The van der Waals surface area contributed by atoms with Crippen molar-refractivity contribution in [3.8, 4) is 5.75 Å². The van der Waals surface area contributed by atoms with E-state index in [1.54, 1.807) is 36.2 Å². The van der Waals surface area contributed by atoms with Crippen LogP contribution in [-0.2, 0) is 11.3 Å². The van der Waals surface area contributed by atoms with Gasteiger partial charge in [0.1, 0.15) is 5.75 Å². The molecule has 0 radical (unpaired) electrons. The van der Waals surface area contributed by atoms with Gasteiger partial charge in [-0.15, -0.1) is 0 Å². The highest BCUT2D eigenvalue weighted by Gasteiger charge is 2.55. The fraction of sp³-hybridized carbons (Fsp3) is 0.690. The third-order valence-electron chi connectivity index (χ3n) is 9.45. The summed E-state index contributed by atoms with van der Waals surface area (Å²) in [7, 11) is 1.59. The quantitative estimate of drug-likeness (QED) is 0.636. The summed E-state index contributed by atoms with van der Waals surface area (Å²) in [6.07, 6.45) is 13.3. The number of hydrogen-bond donors (Lipinski definition) is 1. The Morgan fingerprint density at radius 2 is 1.92 bits per heavy atom. The van der Waals surface area contributed by atoms with E-state index < -0.39 is 5.60 Å². The molecule has 1 spiro atoms. The Morgan fingerprint density at radius 1 is 1.17 bits per heavy atom. The van der Waals surface area contributed by atoms with E-state index in [9.17, 15) is 14.7 Å². The molecule has 2 heterocycles. The Morgan fingerprint density at radius 3 is 2.64 bits per heavy atom. The number of nitrogens with zero attached hydrogens (tertiary/aromatic N) is 3. The van der Waals surface area contributed by atoms with Gasteiger partial charge in [-0.3, -0.25) is 14.2 Å². The minimum absolute atomic E-state index is 0.0297. The molecule has 1 aromatic heterocycles. The molecule has 0 bridgehead atoms. The molecule has 1 amide bonds. The van der Waals surface area contributed by atoms with E-state index in [-0.39, 0.29) is 29.3 Å². The summed E-state index contributed by atoms with van der Waals surface area (Å²) in [5, 5.41) is 12.6. The Bertz CT molecular complexity index is 1150. The molecule has 36 heavy (non-hydrogen) atoms. The number of methoxy groups -OCH3 is 1. The zero-order valence-electron chi connectivity index (χ0n) is 21.9.